The number of nitrogens with two attached hydrogens (primary N) is 1. The van der Waals surface area contributed by atoms with E-state index >= 15 is 0 Å². The van der Waals surface area contributed by atoms with E-state index in [0.29, 0.717) is 12.1 Å². The average Bonchev–Trinajstić information content (AvgIpc) is 3.43. The van der Waals surface area contributed by atoms with Crippen LogP contribution in [0.5, 0.6) is 0 Å². The second-order valence-electron chi connectivity index (χ2n) is 8.29. The average molecular weight is 514 g/mol. The van der Waals surface area contributed by atoms with E-state index in [0.717, 1.165) is 5.56 Å². The summed E-state index contributed by atoms with van der Waals surface area (Å²) in [6, 6.07) is 9.98. The van der Waals surface area contributed by atoms with Gasteiger partial charge in [-0.3, -0.25) is 13.7 Å². The van der Waals surface area contributed by atoms with Gasteiger partial charge in [0.1, 0.15) is 23.9 Å². The number of aliphatic hydroxyl groups is 2. The summed E-state index contributed by atoms with van der Waals surface area (Å²) in [4.78, 5) is 21.2. The molecule has 1 saturated carbocycles. The molecular formula is C22H23N7O6S. The zero-order valence-electron chi connectivity index (χ0n) is 18.8. The van der Waals surface area contributed by atoms with Crippen LogP contribution in [0.25, 0.3) is 0 Å². The lowest BCUT2D eigenvalue weighted by Gasteiger charge is -2.19. The fourth-order valence-corrected chi connectivity index (χ4v) is 4.42. The van der Waals surface area contributed by atoms with E-state index in [1.807, 2.05) is 6.07 Å². The Morgan fingerprint density at radius 1 is 1.28 bits per heavy atom. The Morgan fingerprint density at radius 3 is 2.81 bits per heavy atom. The molecule has 4 rings (SSSR count). The minimum absolute atomic E-state index is 0.0890. The first-order chi connectivity index (χ1) is 17.2. The third-order valence-electron chi connectivity index (χ3n) is 5.87. The van der Waals surface area contributed by atoms with Crippen molar-refractivity contribution in [3.63, 3.8) is 0 Å². The van der Waals surface area contributed by atoms with Gasteiger partial charge in [-0.2, -0.15) is 18.8 Å². The number of anilines is 1. The summed E-state index contributed by atoms with van der Waals surface area (Å²) in [5.41, 5.74) is 1.47. The Morgan fingerprint density at radius 2 is 2.06 bits per heavy atom. The first-order valence-corrected chi connectivity index (χ1v) is 12.3. The third-order valence-corrected chi connectivity index (χ3v) is 6.34. The van der Waals surface area contributed by atoms with Crippen molar-refractivity contribution in [1.82, 2.24) is 19.7 Å². The number of hydrogen-bond donors (Lipinski definition) is 4. The molecule has 0 aliphatic heterocycles. The molecule has 2 heterocycles. The molecule has 14 heteroatoms. The van der Waals surface area contributed by atoms with Crippen molar-refractivity contribution in [2.75, 3.05) is 11.9 Å². The highest BCUT2D eigenvalue weighted by Crippen LogP contribution is 2.30. The van der Waals surface area contributed by atoms with Crippen molar-refractivity contribution in [3.8, 4) is 6.07 Å². The summed E-state index contributed by atoms with van der Waals surface area (Å²) in [6.45, 7) is -0.112. The Bertz CT molecular complexity index is 1400. The van der Waals surface area contributed by atoms with Crippen LogP contribution in [0.2, 0.25) is 0 Å². The lowest BCUT2D eigenvalue weighted by atomic mass is 10.1. The number of hydrogen-bond acceptors (Lipinski definition) is 11. The van der Waals surface area contributed by atoms with Crippen LogP contribution >= 0.6 is 0 Å². The number of benzene rings is 1. The Balaban J connectivity index is 1.49. The van der Waals surface area contributed by atoms with Gasteiger partial charge in [0, 0.05) is 18.3 Å². The maximum absolute atomic E-state index is 13.2. The van der Waals surface area contributed by atoms with Crippen LogP contribution in [0.3, 0.4) is 0 Å². The van der Waals surface area contributed by atoms with E-state index in [1.165, 1.54) is 23.3 Å². The van der Waals surface area contributed by atoms with Crippen LogP contribution in [0.4, 0.5) is 5.82 Å². The second-order valence-corrected chi connectivity index (χ2v) is 9.51. The molecule has 188 valence electrons. The van der Waals surface area contributed by atoms with E-state index in [2.05, 4.69) is 30.6 Å². The Kier molecular flexibility index (Phi) is 7.38. The minimum atomic E-state index is -4.20. The van der Waals surface area contributed by atoms with E-state index in [-0.39, 0.29) is 23.5 Å². The van der Waals surface area contributed by atoms with Gasteiger partial charge in [-0.1, -0.05) is 18.2 Å². The Hall–Kier alpha value is -3.74. The number of carbonyl (C=O) groups is 1. The normalized spacial score (nSPS) is 21.7. The molecule has 36 heavy (non-hydrogen) atoms. The van der Waals surface area contributed by atoms with Crippen LogP contribution in [0, 0.1) is 17.2 Å². The van der Waals surface area contributed by atoms with Gasteiger partial charge in [0.05, 0.1) is 42.5 Å². The highest BCUT2D eigenvalue weighted by molar-refractivity contribution is 7.84. The highest BCUT2D eigenvalue weighted by Gasteiger charge is 2.42. The number of nitrogens with one attached hydrogen (secondary N) is 1. The maximum atomic E-state index is 13.2. The fraction of sp³-hybridized carbons (Fsp3) is 0.318. The summed E-state index contributed by atoms with van der Waals surface area (Å²) < 4.78 is 28.2. The van der Waals surface area contributed by atoms with Crippen LogP contribution in [-0.4, -0.2) is 69.0 Å². The molecule has 0 unspecified atom stereocenters. The zero-order valence-corrected chi connectivity index (χ0v) is 19.6. The molecule has 2 aromatic heterocycles. The second kappa shape index (κ2) is 10.5. The molecule has 13 nitrogen and oxygen atoms in total. The number of nitrogens with zero attached hydrogens (tertiary/aromatic N) is 5. The summed E-state index contributed by atoms with van der Waals surface area (Å²) >= 11 is 0. The van der Waals surface area contributed by atoms with E-state index in [1.54, 1.807) is 24.4 Å². The number of carbonyl (C=O) groups excluding carboxylic acids is 1. The van der Waals surface area contributed by atoms with Gasteiger partial charge in [-0.25, -0.2) is 15.1 Å². The smallest absolute Gasteiger partial charge is 0.333 e. The molecule has 3 aromatic rings. The SMILES string of the molecule is N#Cc1ccccc1Cn1ccc(C(=O)c2cncnc2N[C@@H]2C[C@H](COS(N)(=O)=O)[C@@H](O)[C@H]2O)n1. The fourth-order valence-electron chi connectivity index (χ4n) is 4.05. The summed E-state index contributed by atoms with van der Waals surface area (Å²) in [5, 5.41) is 42.1. The van der Waals surface area contributed by atoms with Gasteiger partial charge in [0.2, 0.25) is 5.78 Å². The van der Waals surface area contributed by atoms with Crippen molar-refractivity contribution in [2.45, 2.75) is 31.2 Å². The number of ketones is 1. The minimum Gasteiger partial charge on any atom is -0.390 e. The molecule has 0 radical (unpaired) electrons. The summed E-state index contributed by atoms with van der Waals surface area (Å²) in [7, 11) is -4.20. The number of aliphatic hydroxyl groups excluding tert-OH is 2. The van der Waals surface area contributed by atoms with Gasteiger partial charge in [-0.05, 0) is 24.1 Å². The topological polar surface area (TPSA) is 206 Å². The molecular weight excluding hydrogens is 490 g/mol. The number of aromatic nitrogens is 4. The predicted octanol–water partition coefficient (Wildman–Crippen LogP) is -0.434. The van der Waals surface area contributed by atoms with Crippen molar-refractivity contribution in [3.05, 3.63) is 71.4 Å². The standard InChI is InChI=1S/C22H23N7O6S/c23-8-13-3-1-2-4-14(13)10-29-6-5-17(28-29)20(31)16-9-25-12-26-22(16)27-18-7-15(19(30)21(18)32)11-35-36(24,33)34/h1-6,9,12,15,18-19,21,30,32H,7,10-11H2,(H2,24,33,34)(H,25,26,27)/t15-,18-,19-,21+/m1/s1. The largest absolute Gasteiger partial charge is 0.390 e. The first-order valence-electron chi connectivity index (χ1n) is 10.8. The van der Waals surface area contributed by atoms with E-state index < -0.39 is 46.9 Å². The van der Waals surface area contributed by atoms with Gasteiger partial charge in [0.15, 0.2) is 0 Å². The highest BCUT2D eigenvalue weighted by atomic mass is 32.2. The molecule has 1 aliphatic rings. The van der Waals surface area contributed by atoms with Crippen molar-refractivity contribution in [2.24, 2.45) is 11.1 Å². The molecule has 1 aliphatic carbocycles. The van der Waals surface area contributed by atoms with Gasteiger partial charge >= 0.3 is 10.3 Å². The van der Waals surface area contributed by atoms with Crippen LogP contribution in [0.1, 0.15) is 33.6 Å². The molecule has 0 saturated heterocycles. The number of rotatable bonds is 9. The van der Waals surface area contributed by atoms with Crippen LogP contribution in [-0.2, 0) is 21.0 Å². The number of nitriles is 1. The maximum Gasteiger partial charge on any atom is 0.333 e. The van der Waals surface area contributed by atoms with E-state index in [4.69, 9.17) is 5.14 Å². The first kappa shape index (κ1) is 25.4. The third kappa shape index (κ3) is 5.73. The van der Waals surface area contributed by atoms with E-state index in [9.17, 15) is 28.7 Å². The quantitative estimate of drug-likeness (QED) is 0.270. The van der Waals surface area contributed by atoms with Crippen molar-refractivity contribution >= 4 is 21.9 Å². The molecule has 0 bridgehead atoms. The molecule has 4 atom stereocenters. The van der Waals surface area contributed by atoms with Crippen LogP contribution in [0.15, 0.2) is 49.1 Å². The summed E-state index contributed by atoms with van der Waals surface area (Å²) in [5.74, 6) is -1.08. The van der Waals surface area contributed by atoms with Crippen molar-refractivity contribution in [1.29, 1.82) is 5.26 Å². The molecule has 1 aromatic carbocycles. The lowest BCUT2D eigenvalue weighted by Crippen LogP contribution is -2.36. The van der Waals surface area contributed by atoms with Crippen LogP contribution < -0.4 is 10.5 Å². The predicted molar refractivity (Wildman–Crippen MR) is 125 cm³/mol. The lowest BCUT2D eigenvalue weighted by molar-refractivity contribution is 0.00778. The monoisotopic (exact) mass is 513 g/mol. The van der Waals surface area contributed by atoms with Gasteiger partial charge in [-0.15, -0.1) is 0 Å². The molecule has 0 spiro atoms. The van der Waals surface area contributed by atoms with Crippen molar-refractivity contribution < 1.29 is 27.6 Å². The van der Waals surface area contributed by atoms with Gasteiger partial charge < -0.3 is 15.5 Å². The molecule has 1 fully saturated rings. The zero-order chi connectivity index (χ0) is 25.9. The Labute approximate surface area is 206 Å². The van der Waals surface area contributed by atoms with Gasteiger partial charge in [0.25, 0.3) is 0 Å². The summed E-state index contributed by atoms with van der Waals surface area (Å²) in [6.07, 6.45) is 1.71. The molecule has 5 N–H and O–H groups in total. The molecule has 0 amide bonds.